The summed E-state index contributed by atoms with van der Waals surface area (Å²) >= 11 is 0. The first-order valence-corrected chi connectivity index (χ1v) is 10.7. The second-order valence-electron chi connectivity index (χ2n) is 7.79. The number of ether oxygens (including phenoxy) is 1. The fourth-order valence-electron chi connectivity index (χ4n) is 4.16. The van der Waals surface area contributed by atoms with Crippen molar-refractivity contribution < 1.29 is 4.74 Å². The average Bonchev–Trinajstić information content (AvgIpc) is 3.42. The van der Waals surface area contributed by atoms with Crippen molar-refractivity contribution in [1.29, 1.82) is 0 Å². The van der Waals surface area contributed by atoms with E-state index in [9.17, 15) is 0 Å². The molecule has 156 valence electrons. The van der Waals surface area contributed by atoms with E-state index in [4.69, 9.17) is 9.73 Å². The van der Waals surface area contributed by atoms with Crippen LogP contribution in [0.25, 0.3) is 0 Å². The number of aromatic nitrogens is 2. The number of hydrogen-bond acceptors (Lipinski definition) is 4. The monoisotopic (exact) mass is 396 g/mol. The molecule has 7 heteroatoms. The molecule has 29 heavy (non-hydrogen) atoms. The van der Waals surface area contributed by atoms with Gasteiger partial charge in [-0.3, -0.25) is 9.58 Å². The molecule has 0 bridgehead atoms. The number of rotatable bonds is 7. The minimum Gasteiger partial charge on any atom is -0.373 e. The zero-order chi connectivity index (χ0) is 19.9. The predicted octanol–water partition coefficient (Wildman–Crippen LogP) is 1.85. The molecule has 3 heterocycles. The molecule has 1 aromatic heterocycles. The van der Waals surface area contributed by atoms with Gasteiger partial charge in [0.15, 0.2) is 5.96 Å². The number of nitrogens with one attached hydrogen (secondary N) is 2. The molecule has 2 aliphatic rings. The summed E-state index contributed by atoms with van der Waals surface area (Å²) in [6.07, 6.45) is 6.60. The van der Waals surface area contributed by atoms with Crippen molar-refractivity contribution in [2.75, 3.05) is 32.8 Å². The van der Waals surface area contributed by atoms with Crippen LogP contribution in [0.15, 0.2) is 47.7 Å². The summed E-state index contributed by atoms with van der Waals surface area (Å²) in [5.74, 6) is 0.841. The number of guanidine groups is 1. The van der Waals surface area contributed by atoms with Crippen molar-refractivity contribution in [1.82, 2.24) is 25.3 Å². The third-order valence-corrected chi connectivity index (χ3v) is 5.72. The summed E-state index contributed by atoms with van der Waals surface area (Å²) in [4.78, 5) is 7.39. The molecule has 0 radical (unpaired) electrons. The van der Waals surface area contributed by atoms with Crippen LogP contribution in [-0.2, 0) is 17.8 Å². The van der Waals surface area contributed by atoms with Gasteiger partial charge < -0.3 is 15.4 Å². The molecule has 0 amide bonds. The lowest BCUT2D eigenvalue weighted by Crippen LogP contribution is -2.51. The molecule has 2 saturated heterocycles. The van der Waals surface area contributed by atoms with Crippen molar-refractivity contribution in [3.05, 3.63) is 53.9 Å². The average molecular weight is 397 g/mol. The molecule has 0 spiro atoms. The maximum Gasteiger partial charge on any atom is 0.191 e. The van der Waals surface area contributed by atoms with Crippen molar-refractivity contribution in [3.8, 4) is 0 Å². The van der Waals surface area contributed by atoms with E-state index in [2.05, 4.69) is 51.8 Å². The van der Waals surface area contributed by atoms with Gasteiger partial charge in [0.25, 0.3) is 0 Å². The Bertz CT molecular complexity index is 790. The number of morpholine rings is 1. The molecule has 2 fully saturated rings. The molecule has 2 aliphatic heterocycles. The Morgan fingerprint density at radius 3 is 2.97 bits per heavy atom. The minimum atomic E-state index is 0.223. The summed E-state index contributed by atoms with van der Waals surface area (Å²) < 4.78 is 8.01. The Labute approximate surface area is 173 Å². The van der Waals surface area contributed by atoms with Gasteiger partial charge in [0, 0.05) is 38.1 Å². The maximum absolute atomic E-state index is 6.06. The van der Waals surface area contributed by atoms with Crippen LogP contribution >= 0.6 is 0 Å². The van der Waals surface area contributed by atoms with Gasteiger partial charge in [-0.05, 0) is 43.5 Å². The zero-order valence-electron chi connectivity index (χ0n) is 17.3. The van der Waals surface area contributed by atoms with E-state index in [-0.39, 0.29) is 6.10 Å². The Kier molecular flexibility index (Phi) is 6.79. The Morgan fingerprint density at radius 2 is 2.14 bits per heavy atom. The van der Waals surface area contributed by atoms with Crippen LogP contribution in [0.1, 0.15) is 30.9 Å². The van der Waals surface area contributed by atoms with E-state index in [0.29, 0.717) is 12.6 Å². The molecule has 0 saturated carbocycles. The number of nitrogens with zero attached hydrogens (tertiary/aromatic N) is 4. The van der Waals surface area contributed by atoms with Crippen molar-refractivity contribution in [3.63, 3.8) is 0 Å². The van der Waals surface area contributed by atoms with Gasteiger partial charge in [0.2, 0.25) is 0 Å². The molecule has 7 nitrogen and oxygen atoms in total. The fraction of sp³-hybridized carbons (Fsp3) is 0.545. The lowest BCUT2D eigenvalue weighted by Gasteiger charge is -2.35. The van der Waals surface area contributed by atoms with Crippen LogP contribution in [0, 0.1) is 0 Å². The normalized spacial score (nSPS) is 22.4. The van der Waals surface area contributed by atoms with E-state index in [1.54, 1.807) is 0 Å². The SMILES string of the molecule is CCNC(=NCc1ccccc1Cn1cccn1)NCC1CN2CCCC2CO1. The maximum atomic E-state index is 6.06. The highest BCUT2D eigenvalue weighted by molar-refractivity contribution is 5.79. The summed E-state index contributed by atoms with van der Waals surface area (Å²) in [7, 11) is 0. The van der Waals surface area contributed by atoms with E-state index in [0.717, 1.165) is 38.7 Å². The topological polar surface area (TPSA) is 66.7 Å². The predicted molar refractivity (Wildman–Crippen MR) is 115 cm³/mol. The molecule has 4 rings (SSSR count). The first-order valence-electron chi connectivity index (χ1n) is 10.7. The molecular weight excluding hydrogens is 364 g/mol. The third kappa shape index (κ3) is 5.36. The van der Waals surface area contributed by atoms with Crippen LogP contribution in [0.2, 0.25) is 0 Å². The summed E-state index contributed by atoms with van der Waals surface area (Å²) in [6.45, 7) is 8.19. The number of fused-ring (bicyclic) bond motifs is 1. The highest BCUT2D eigenvalue weighted by atomic mass is 16.5. The van der Waals surface area contributed by atoms with Gasteiger partial charge in [-0.25, -0.2) is 4.99 Å². The smallest absolute Gasteiger partial charge is 0.191 e. The van der Waals surface area contributed by atoms with Crippen LogP contribution in [0.4, 0.5) is 0 Å². The zero-order valence-corrected chi connectivity index (χ0v) is 17.3. The lowest BCUT2D eigenvalue weighted by molar-refractivity contribution is -0.0453. The molecule has 1 aromatic carbocycles. The van der Waals surface area contributed by atoms with Crippen LogP contribution in [0.3, 0.4) is 0 Å². The Morgan fingerprint density at radius 1 is 1.24 bits per heavy atom. The molecule has 2 unspecified atom stereocenters. The molecule has 0 aliphatic carbocycles. The first kappa shape index (κ1) is 19.9. The Balaban J connectivity index is 1.35. The number of hydrogen-bond donors (Lipinski definition) is 2. The molecule has 2 atom stereocenters. The van der Waals surface area contributed by atoms with Gasteiger partial charge in [0.1, 0.15) is 0 Å². The van der Waals surface area contributed by atoms with E-state index < -0.39 is 0 Å². The second kappa shape index (κ2) is 9.89. The van der Waals surface area contributed by atoms with Crippen LogP contribution in [0.5, 0.6) is 0 Å². The van der Waals surface area contributed by atoms with Crippen LogP contribution in [-0.4, -0.2) is 65.6 Å². The van der Waals surface area contributed by atoms with Gasteiger partial charge in [0.05, 0.1) is 25.8 Å². The van der Waals surface area contributed by atoms with Gasteiger partial charge in [-0.2, -0.15) is 5.10 Å². The van der Waals surface area contributed by atoms with Crippen molar-refractivity contribution in [2.45, 2.75) is 45.0 Å². The number of benzene rings is 1. The first-order chi connectivity index (χ1) is 14.3. The minimum absolute atomic E-state index is 0.223. The van der Waals surface area contributed by atoms with Crippen LogP contribution < -0.4 is 10.6 Å². The summed E-state index contributed by atoms with van der Waals surface area (Å²) in [6, 6.07) is 11.0. The summed E-state index contributed by atoms with van der Waals surface area (Å²) in [5.41, 5.74) is 2.46. The van der Waals surface area contributed by atoms with E-state index in [1.165, 1.54) is 30.5 Å². The standard InChI is InChI=1S/C22H32N6O/c1-2-23-22(25-14-21-16-27-11-5-9-20(27)17-29-21)24-13-18-7-3-4-8-19(18)15-28-12-6-10-26-28/h3-4,6-8,10,12,20-21H,2,5,9,11,13-17H2,1H3,(H2,23,24,25). The highest BCUT2D eigenvalue weighted by Gasteiger charge is 2.32. The fourth-order valence-corrected chi connectivity index (χ4v) is 4.16. The largest absolute Gasteiger partial charge is 0.373 e. The van der Waals surface area contributed by atoms with Crippen molar-refractivity contribution >= 4 is 5.96 Å². The third-order valence-electron chi connectivity index (χ3n) is 5.72. The molecular formula is C22H32N6O. The van der Waals surface area contributed by atoms with Gasteiger partial charge in [-0.1, -0.05) is 24.3 Å². The molecule has 2 aromatic rings. The number of aliphatic imine (C=N–C) groups is 1. The second-order valence-corrected chi connectivity index (χ2v) is 7.79. The van der Waals surface area contributed by atoms with E-state index in [1.807, 2.05) is 23.1 Å². The molecule has 2 N–H and O–H groups in total. The lowest BCUT2D eigenvalue weighted by atomic mass is 10.1. The summed E-state index contributed by atoms with van der Waals surface area (Å²) in [5, 5.41) is 11.2. The highest BCUT2D eigenvalue weighted by Crippen LogP contribution is 2.22. The quantitative estimate of drug-likeness (QED) is 0.552. The van der Waals surface area contributed by atoms with Crippen molar-refractivity contribution in [2.24, 2.45) is 4.99 Å². The van der Waals surface area contributed by atoms with E-state index >= 15 is 0 Å². The van der Waals surface area contributed by atoms with Gasteiger partial charge in [-0.15, -0.1) is 0 Å². The Hall–Kier alpha value is -2.38. The van der Waals surface area contributed by atoms with Gasteiger partial charge >= 0.3 is 0 Å².